The first-order valence-corrected chi connectivity index (χ1v) is 11.0. The summed E-state index contributed by atoms with van der Waals surface area (Å²) in [6, 6.07) is 9.95. The largest absolute Gasteiger partial charge is 0.495 e. The Bertz CT molecular complexity index is 858. The molecule has 142 valence electrons. The van der Waals surface area contributed by atoms with Crippen LogP contribution in [0.5, 0.6) is 5.75 Å². The molecule has 1 unspecified atom stereocenters. The lowest BCUT2D eigenvalue weighted by Crippen LogP contribution is -2.33. The quantitative estimate of drug-likeness (QED) is 0.827. The molecule has 6 heteroatoms. The molecule has 1 N–H and O–H groups in total. The normalized spacial score (nSPS) is 18.8. The van der Waals surface area contributed by atoms with Crippen molar-refractivity contribution < 1.29 is 13.2 Å². The summed E-state index contributed by atoms with van der Waals surface area (Å²) in [5.41, 5.74) is 3.15. The van der Waals surface area contributed by atoms with Crippen LogP contribution in [0.25, 0.3) is 11.3 Å². The van der Waals surface area contributed by atoms with Crippen molar-refractivity contribution in [3.63, 3.8) is 0 Å². The fourth-order valence-corrected chi connectivity index (χ4v) is 4.78. The van der Waals surface area contributed by atoms with Gasteiger partial charge >= 0.3 is 0 Å². The summed E-state index contributed by atoms with van der Waals surface area (Å²) in [6.45, 7) is 6.05. The molecule has 0 amide bonds. The van der Waals surface area contributed by atoms with Gasteiger partial charge in [-0.2, -0.15) is 0 Å². The summed E-state index contributed by atoms with van der Waals surface area (Å²) in [7, 11) is -1.80. The molecule has 5 nitrogen and oxygen atoms in total. The van der Waals surface area contributed by atoms with Gasteiger partial charge in [-0.05, 0) is 50.2 Å². The highest BCUT2D eigenvalue weighted by Gasteiger charge is 2.24. The molecule has 0 aliphatic carbocycles. The number of methoxy groups -OCH3 is 1. The topological polar surface area (TPSA) is 62.4 Å². The maximum Gasteiger partial charge on any atom is 0.181 e. The number of ether oxygens (including phenoxy) is 1. The molecule has 2 heterocycles. The molecule has 1 atom stereocenters. The molecule has 0 spiro atoms. The summed E-state index contributed by atoms with van der Waals surface area (Å²) in [5.74, 6) is 0.456. The summed E-state index contributed by atoms with van der Waals surface area (Å²) in [5, 5.41) is 0. The van der Waals surface area contributed by atoms with Crippen molar-refractivity contribution in [1.29, 1.82) is 0 Å². The van der Waals surface area contributed by atoms with Gasteiger partial charge in [0, 0.05) is 23.0 Å². The third-order valence-electron chi connectivity index (χ3n) is 5.28. The van der Waals surface area contributed by atoms with Crippen molar-refractivity contribution in [2.24, 2.45) is 0 Å². The Morgan fingerprint density at radius 2 is 2.00 bits per heavy atom. The van der Waals surface area contributed by atoms with E-state index in [0.29, 0.717) is 11.8 Å². The Morgan fingerprint density at radius 1 is 1.19 bits per heavy atom. The second kappa shape index (κ2) is 7.84. The fourth-order valence-electron chi connectivity index (χ4n) is 3.74. The van der Waals surface area contributed by atoms with Crippen molar-refractivity contribution in [1.82, 2.24) is 9.88 Å². The van der Waals surface area contributed by atoms with Crippen LogP contribution in [-0.2, 0) is 9.84 Å². The van der Waals surface area contributed by atoms with Crippen LogP contribution < -0.4 is 4.74 Å². The van der Waals surface area contributed by atoms with E-state index in [-0.39, 0.29) is 10.6 Å². The first-order chi connectivity index (χ1) is 12.5. The molecule has 1 aliphatic heterocycles. The van der Waals surface area contributed by atoms with Gasteiger partial charge in [0.05, 0.1) is 12.9 Å². The Balaban J connectivity index is 1.92. The number of H-pyrrole nitrogens is 1. The molecule has 0 bridgehead atoms. The molecule has 1 aromatic carbocycles. The smallest absolute Gasteiger partial charge is 0.181 e. The van der Waals surface area contributed by atoms with E-state index in [4.69, 9.17) is 4.74 Å². The van der Waals surface area contributed by atoms with Crippen LogP contribution in [0, 0.1) is 0 Å². The third-order valence-corrected chi connectivity index (χ3v) is 7.04. The summed E-state index contributed by atoms with van der Waals surface area (Å²) < 4.78 is 29.8. The third kappa shape index (κ3) is 3.67. The Kier molecular flexibility index (Phi) is 5.73. The van der Waals surface area contributed by atoms with Crippen LogP contribution in [0.4, 0.5) is 0 Å². The average molecular weight is 377 g/mol. The van der Waals surface area contributed by atoms with Gasteiger partial charge in [0.1, 0.15) is 10.6 Å². The van der Waals surface area contributed by atoms with Gasteiger partial charge in [0.2, 0.25) is 0 Å². The lowest BCUT2D eigenvalue weighted by atomic mass is 10.00. The van der Waals surface area contributed by atoms with E-state index in [2.05, 4.69) is 28.9 Å². The SMILES string of the molecule is CCN1CCCCC1c1ccc(-c2ccc(S(=O)(=O)CC)c(OC)c2)[nH]1. The number of likely N-dealkylation sites (tertiary alicyclic amines) is 1. The summed E-state index contributed by atoms with van der Waals surface area (Å²) >= 11 is 0. The first kappa shape index (κ1) is 19.0. The summed E-state index contributed by atoms with van der Waals surface area (Å²) in [4.78, 5) is 6.30. The van der Waals surface area contributed by atoms with Crippen LogP contribution in [0.15, 0.2) is 35.2 Å². The molecule has 26 heavy (non-hydrogen) atoms. The lowest BCUT2D eigenvalue weighted by molar-refractivity contribution is 0.154. The van der Waals surface area contributed by atoms with Gasteiger partial charge in [-0.1, -0.05) is 26.3 Å². The Morgan fingerprint density at radius 3 is 2.69 bits per heavy atom. The van der Waals surface area contributed by atoms with Crippen LogP contribution in [0.1, 0.15) is 44.8 Å². The summed E-state index contributed by atoms with van der Waals surface area (Å²) in [6.07, 6.45) is 3.69. The lowest BCUT2D eigenvalue weighted by Gasteiger charge is -2.34. The van der Waals surface area contributed by atoms with Crippen molar-refractivity contribution in [2.45, 2.75) is 44.0 Å². The van der Waals surface area contributed by atoms with Crippen molar-refractivity contribution in [3.8, 4) is 17.0 Å². The number of hydrogen-bond acceptors (Lipinski definition) is 4. The van der Waals surface area contributed by atoms with Gasteiger partial charge in [-0.15, -0.1) is 0 Å². The molecule has 2 aromatic rings. The number of benzene rings is 1. The number of aromatic amines is 1. The van der Waals surface area contributed by atoms with E-state index in [0.717, 1.165) is 24.3 Å². The Labute approximate surface area is 156 Å². The zero-order valence-electron chi connectivity index (χ0n) is 15.8. The molecule has 3 rings (SSSR count). The van der Waals surface area contributed by atoms with E-state index in [1.165, 1.54) is 32.1 Å². The molecule has 0 radical (unpaired) electrons. The number of aromatic nitrogens is 1. The monoisotopic (exact) mass is 376 g/mol. The van der Waals surface area contributed by atoms with Gasteiger partial charge in [0.15, 0.2) is 9.84 Å². The average Bonchev–Trinajstić information content (AvgIpc) is 3.17. The van der Waals surface area contributed by atoms with Gasteiger partial charge < -0.3 is 9.72 Å². The molecular formula is C20H28N2O3S. The highest BCUT2D eigenvalue weighted by atomic mass is 32.2. The van der Waals surface area contributed by atoms with E-state index < -0.39 is 9.84 Å². The number of piperidine rings is 1. The molecule has 1 aliphatic rings. The number of sulfone groups is 1. The maximum absolute atomic E-state index is 12.2. The zero-order valence-corrected chi connectivity index (χ0v) is 16.6. The Hall–Kier alpha value is -1.79. The molecule has 0 saturated carbocycles. The predicted octanol–water partition coefficient (Wildman–Crippen LogP) is 4.03. The fraction of sp³-hybridized carbons (Fsp3) is 0.500. The maximum atomic E-state index is 12.2. The zero-order chi connectivity index (χ0) is 18.7. The van der Waals surface area contributed by atoms with Crippen LogP contribution in [-0.4, -0.2) is 44.3 Å². The first-order valence-electron chi connectivity index (χ1n) is 9.34. The molecule has 1 fully saturated rings. The van der Waals surface area contributed by atoms with Crippen molar-refractivity contribution in [3.05, 3.63) is 36.0 Å². The number of rotatable bonds is 6. The number of hydrogen-bond donors (Lipinski definition) is 1. The second-order valence-corrected chi connectivity index (χ2v) is 8.98. The van der Waals surface area contributed by atoms with Gasteiger partial charge in [-0.3, -0.25) is 4.90 Å². The minimum Gasteiger partial charge on any atom is -0.495 e. The highest BCUT2D eigenvalue weighted by molar-refractivity contribution is 7.91. The number of nitrogens with one attached hydrogen (secondary N) is 1. The molecule has 1 saturated heterocycles. The van der Waals surface area contributed by atoms with Crippen molar-refractivity contribution >= 4 is 9.84 Å². The predicted molar refractivity (Wildman–Crippen MR) is 104 cm³/mol. The second-order valence-electron chi connectivity index (χ2n) is 6.74. The minimum atomic E-state index is -3.30. The van der Waals surface area contributed by atoms with Crippen LogP contribution >= 0.6 is 0 Å². The number of nitrogens with zero attached hydrogens (tertiary/aromatic N) is 1. The highest BCUT2D eigenvalue weighted by Crippen LogP contribution is 2.34. The van der Waals surface area contributed by atoms with Crippen molar-refractivity contribution in [2.75, 3.05) is 26.0 Å². The molecular weight excluding hydrogens is 348 g/mol. The molecule has 1 aromatic heterocycles. The van der Waals surface area contributed by atoms with E-state index in [1.54, 1.807) is 19.1 Å². The van der Waals surface area contributed by atoms with E-state index in [9.17, 15) is 8.42 Å². The van der Waals surface area contributed by atoms with Gasteiger partial charge in [-0.25, -0.2) is 8.42 Å². The van der Waals surface area contributed by atoms with Crippen LogP contribution in [0.2, 0.25) is 0 Å². The minimum absolute atomic E-state index is 0.0594. The van der Waals surface area contributed by atoms with E-state index >= 15 is 0 Å². The standard InChI is InChI=1S/C20H28N2O3S/c1-4-22-13-7-6-8-18(22)17-11-10-16(21-17)15-9-12-20(19(14-15)25-3)26(23,24)5-2/h9-12,14,18,21H,4-8,13H2,1-3H3. The van der Waals surface area contributed by atoms with E-state index in [1.807, 2.05) is 6.07 Å². The van der Waals surface area contributed by atoms with Gasteiger partial charge in [0.25, 0.3) is 0 Å². The van der Waals surface area contributed by atoms with Crippen LogP contribution in [0.3, 0.4) is 0 Å².